The number of hydrogen-bond donors (Lipinski definition) is 2. The third-order valence-corrected chi connectivity index (χ3v) is 9.39. The molecule has 38 heavy (non-hydrogen) atoms. The number of sulfone groups is 1. The molecule has 2 heterocycles. The first-order chi connectivity index (χ1) is 17.8. The lowest BCUT2D eigenvalue weighted by Crippen LogP contribution is -2.56. The van der Waals surface area contributed by atoms with Gasteiger partial charge in [-0.25, -0.2) is 8.42 Å². The molecule has 2 saturated heterocycles. The minimum atomic E-state index is -3.96. The first-order valence-corrected chi connectivity index (χ1v) is 14.6. The van der Waals surface area contributed by atoms with Crippen LogP contribution in [0.3, 0.4) is 0 Å². The maximum atomic E-state index is 14.1. The lowest BCUT2D eigenvalue weighted by Gasteiger charge is -2.32. The molecule has 0 radical (unpaired) electrons. The van der Waals surface area contributed by atoms with Crippen molar-refractivity contribution < 1.29 is 22.8 Å². The van der Waals surface area contributed by atoms with Crippen LogP contribution in [0.15, 0.2) is 59.5 Å². The van der Waals surface area contributed by atoms with Crippen molar-refractivity contribution in [3.8, 4) is 0 Å². The van der Waals surface area contributed by atoms with Gasteiger partial charge < -0.3 is 15.5 Å². The average molecular weight is 540 g/mol. The Morgan fingerprint density at radius 3 is 2.26 bits per heavy atom. The quantitative estimate of drug-likeness (QED) is 0.559. The number of fused-ring (bicyclic) bond motifs is 1. The number of nitrogens with one attached hydrogen (secondary N) is 2. The molecule has 0 saturated carbocycles. The molecule has 2 N–H and O–H groups in total. The summed E-state index contributed by atoms with van der Waals surface area (Å²) in [6, 6.07) is 12.9. The number of rotatable bonds is 7. The molecule has 4 atom stereocenters. The van der Waals surface area contributed by atoms with E-state index in [2.05, 4.69) is 31.4 Å². The molecule has 0 aliphatic carbocycles. The van der Waals surface area contributed by atoms with Gasteiger partial charge in [0.2, 0.25) is 5.91 Å². The predicted octanol–water partition coefficient (Wildman–Crippen LogP) is 3.07. The number of carbonyl (C=O) groups excluding carboxylic acids is 3. The SMILES string of the molecule is CC(C)CC(NC(=O)c1ccc(C(C)(C)C)cc1)C(=O)N1C2C(=O)CNC2CC1S(=O)(=O)c1ccccc1. The van der Waals surface area contributed by atoms with Crippen LogP contribution in [0, 0.1) is 5.92 Å². The van der Waals surface area contributed by atoms with Gasteiger partial charge in [-0.2, -0.15) is 0 Å². The number of likely N-dealkylation sites (tertiary alicyclic amines) is 1. The molecular weight excluding hydrogens is 502 g/mol. The molecule has 2 aromatic carbocycles. The molecule has 9 heteroatoms. The Labute approximate surface area is 225 Å². The topological polar surface area (TPSA) is 113 Å². The number of carbonyl (C=O) groups is 3. The molecule has 0 spiro atoms. The van der Waals surface area contributed by atoms with Gasteiger partial charge in [0.05, 0.1) is 11.4 Å². The summed E-state index contributed by atoms with van der Waals surface area (Å²) in [6.07, 6.45) is 0.411. The van der Waals surface area contributed by atoms with Crippen molar-refractivity contribution in [2.45, 2.75) is 81.3 Å². The van der Waals surface area contributed by atoms with E-state index < -0.39 is 45.2 Å². The summed E-state index contributed by atoms with van der Waals surface area (Å²) in [7, 11) is -3.96. The van der Waals surface area contributed by atoms with Crippen molar-refractivity contribution in [1.82, 2.24) is 15.5 Å². The molecule has 2 aromatic rings. The first-order valence-electron chi connectivity index (χ1n) is 13.1. The van der Waals surface area contributed by atoms with Gasteiger partial charge in [-0.1, -0.05) is 65.0 Å². The fourth-order valence-electron chi connectivity index (χ4n) is 5.30. The Hall–Kier alpha value is -3.04. The zero-order chi connectivity index (χ0) is 27.8. The summed E-state index contributed by atoms with van der Waals surface area (Å²) in [5, 5.41) is 4.72. The maximum Gasteiger partial charge on any atom is 0.251 e. The van der Waals surface area contributed by atoms with Crippen LogP contribution >= 0.6 is 0 Å². The molecule has 0 aromatic heterocycles. The van der Waals surface area contributed by atoms with Crippen molar-refractivity contribution in [2.75, 3.05) is 6.54 Å². The van der Waals surface area contributed by atoms with Crippen LogP contribution in [0.2, 0.25) is 0 Å². The van der Waals surface area contributed by atoms with Crippen LogP contribution in [0.1, 0.15) is 63.4 Å². The highest BCUT2D eigenvalue weighted by Crippen LogP contribution is 2.35. The molecular formula is C29H37N3O5S. The third kappa shape index (κ3) is 5.54. The zero-order valence-electron chi connectivity index (χ0n) is 22.6. The second kappa shape index (κ2) is 10.6. The van der Waals surface area contributed by atoms with Crippen LogP contribution in [0.4, 0.5) is 0 Å². The number of ketones is 1. The monoisotopic (exact) mass is 539 g/mol. The number of hydrogen-bond acceptors (Lipinski definition) is 6. The highest BCUT2D eigenvalue weighted by Gasteiger charge is 2.55. The van der Waals surface area contributed by atoms with E-state index >= 15 is 0 Å². The van der Waals surface area contributed by atoms with Gasteiger partial charge in [-0.3, -0.25) is 14.4 Å². The third-order valence-electron chi connectivity index (χ3n) is 7.32. The fourth-order valence-corrected chi connectivity index (χ4v) is 7.15. The molecule has 204 valence electrons. The molecule has 2 fully saturated rings. The van der Waals surface area contributed by atoms with E-state index in [4.69, 9.17) is 0 Å². The maximum absolute atomic E-state index is 14.1. The first kappa shape index (κ1) is 28.0. The summed E-state index contributed by atoms with van der Waals surface area (Å²) in [5.41, 5.74) is 1.41. The van der Waals surface area contributed by atoms with Gasteiger partial charge in [0, 0.05) is 18.0 Å². The minimum absolute atomic E-state index is 0.0347. The largest absolute Gasteiger partial charge is 0.340 e. The normalized spacial score (nSPS) is 22.4. The van der Waals surface area contributed by atoms with Crippen molar-refractivity contribution >= 4 is 27.4 Å². The van der Waals surface area contributed by atoms with Crippen LogP contribution in [-0.4, -0.2) is 61.0 Å². The highest BCUT2D eigenvalue weighted by molar-refractivity contribution is 7.92. The van der Waals surface area contributed by atoms with Crippen molar-refractivity contribution in [1.29, 1.82) is 0 Å². The van der Waals surface area contributed by atoms with Crippen molar-refractivity contribution in [3.05, 3.63) is 65.7 Å². The fraction of sp³-hybridized carbons (Fsp3) is 0.483. The Morgan fingerprint density at radius 2 is 1.68 bits per heavy atom. The van der Waals surface area contributed by atoms with Crippen LogP contribution in [-0.2, 0) is 24.8 Å². The van der Waals surface area contributed by atoms with E-state index in [1.807, 2.05) is 26.0 Å². The standard InChI is InChI=1S/C29H37N3O5S/c1-18(2)15-23(31-27(34)19-11-13-20(14-12-19)29(3,4)5)28(35)32-25(16-22-26(32)24(33)17-30-22)38(36,37)21-9-7-6-8-10-21/h6-14,18,22-23,25-26,30H,15-17H2,1-5H3,(H,31,34). The van der Waals surface area contributed by atoms with Gasteiger partial charge in [0.1, 0.15) is 17.5 Å². The summed E-state index contributed by atoms with van der Waals surface area (Å²) in [5.74, 6) is -1.15. The second-order valence-electron chi connectivity index (χ2n) is 11.7. The summed E-state index contributed by atoms with van der Waals surface area (Å²) in [6.45, 7) is 10.2. The Morgan fingerprint density at radius 1 is 1.05 bits per heavy atom. The van der Waals surface area contributed by atoms with Gasteiger partial charge >= 0.3 is 0 Å². The second-order valence-corrected chi connectivity index (χ2v) is 13.8. The van der Waals surface area contributed by atoms with Crippen LogP contribution < -0.4 is 10.6 Å². The minimum Gasteiger partial charge on any atom is -0.340 e. The van der Waals surface area contributed by atoms with Crippen molar-refractivity contribution in [3.63, 3.8) is 0 Å². The van der Waals surface area contributed by atoms with E-state index in [0.29, 0.717) is 12.0 Å². The number of amides is 2. The number of nitrogens with zero attached hydrogens (tertiary/aromatic N) is 1. The van der Waals surface area contributed by atoms with Crippen LogP contribution in [0.25, 0.3) is 0 Å². The Balaban J connectivity index is 1.65. The lowest BCUT2D eigenvalue weighted by atomic mass is 9.86. The summed E-state index contributed by atoms with van der Waals surface area (Å²) in [4.78, 5) is 41.5. The molecule has 2 aliphatic rings. The smallest absolute Gasteiger partial charge is 0.251 e. The molecule has 0 bridgehead atoms. The molecule has 4 rings (SSSR count). The molecule has 4 unspecified atom stereocenters. The van der Waals surface area contributed by atoms with Gasteiger partial charge in [-0.15, -0.1) is 0 Å². The highest BCUT2D eigenvalue weighted by atomic mass is 32.2. The predicted molar refractivity (Wildman–Crippen MR) is 145 cm³/mol. The van der Waals surface area contributed by atoms with Crippen molar-refractivity contribution in [2.24, 2.45) is 5.92 Å². The van der Waals surface area contributed by atoms with E-state index in [1.54, 1.807) is 30.3 Å². The Bertz CT molecular complexity index is 1300. The van der Waals surface area contributed by atoms with E-state index in [1.165, 1.54) is 17.0 Å². The van der Waals surface area contributed by atoms with Gasteiger partial charge in [0.15, 0.2) is 15.6 Å². The molecule has 2 amide bonds. The average Bonchev–Trinajstić information content (AvgIpc) is 3.43. The zero-order valence-corrected chi connectivity index (χ0v) is 23.4. The number of benzene rings is 2. The Kier molecular flexibility index (Phi) is 7.81. The van der Waals surface area contributed by atoms with E-state index in [9.17, 15) is 22.8 Å². The van der Waals surface area contributed by atoms with E-state index in [-0.39, 0.29) is 35.0 Å². The number of Topliss-reactive ketones (excluding diaryl/α,β-unsaturated/α-hetero) is 1. The summed E-state index contributed by atoms with van der Waals surface area (Å²) < 4.78 is 27.3. The molecule has 2 aliphatic heterocycles. The lowest BCUT2D eigenvalue weighted by molar-refractivity contribution is -0.139. The van der Waals surface area contributed by atoms with E-state index in [0.717, 1.165) is 5.56 Å². The summed E-state index contributed by atoms with van der Waals surface area (Å²) >= 11 is 0. The van der Waals surface area contributed by atoms with Crippen LogP contribution in [0.5, 0.6) is 0 Å². The molecule has 8 nitrogen and oxygen atoms in total. The van der Waals surface area contributed by atoms with Gasteiger partial charge in [-0.05, 0) is 47.6 Å². The van der Waals surface area contributed by atoms with Gasteiger partial charge in [0.25, 0.3) is 5.91 Å².